The van der Waals surface area contributed by atoms with E-state index in [1.54, 1.807) is 0 Å². The third kappa shape index (κ3) is 3.30. The van der Waals surface area contributed by atoms with Crippen LogP contribution in [0.3, 0.4) is 0 Å². The van der Waals surface area contributed by atoms with Gasteiger partial charge in [-0.2, -0.15) is 0 Å². The average molecular weight is 309 g/mol. The summed E-state index contributed by atoms with van der Waals surface area (Å²) in [6.45, 7) is 2.71. The van der Waals surface area contributed by atoms with Crippen molar-refractivity contribution in [1.82, 2.24) is 4.90 Å². The molecule has 23 heavy (non-hydrogen) atoms. The van der Waals surface area contributed by atoms with Crippen LogP contribution in [-0.4, -0.2) is 29.1 Å². The van der Waals surface area contributed by atoms with E-state index >= 15 is 0 Å². The number of aliphatic hydroxyl groups is 1. The Balaban J connectivity index is 1.87. The molecule has 3 rings (SSSR count). The fraction of sp³-hybridized carbons (Fsp3) is 0.350. The predicted octanol–water partition coefficient (Wildman–Crippen LogP) is 3.43. The molecule has 1 aliphatic heterocycles. The van der Waals surface area contributed by atoms with Gasteiger partial charge in [0, 0.05) is 6.54 Å². The number of carbonyl (C=O) groups is 1. The van der Waals surface area contributed by atoms with Crippen molar-refractivity contribution in [2.24, 2.45) is 0 Å². The van der Waals surface area contributed by atoms with Crippen LogP contribution in [0.2, 0.25) is 0 Å². The monoisotopic (exact) mass is 309 g/mol. The van der Waals surface area contributed by atoms with E-state index in [9.17, 15) is 9.90 Å². The molecule has 0 bridgehead atoms. The number of nitrogens with zero attached hydrogens (tertiary/aromatic N) is 1. The number of carbonyl (C=O) groups excluding carboxylic acids is 1. The summed E-state index contributed by atoms with van der Waals surface area (Å²) in [7, 11) is 0. The number of aryl methyl sites for hydroxylation is 1. The summed E-state index contributed by atoms with van der Waals surface area (Å²) in [5.74, 6) is 0.0335. The minimum absolute atomic E-state index is 0.0453. The Bertz CT molecular complexity index is 668. The molecule has 2 atom stereocenters. The maximum atomic E-state index is 13.0. The molecule has 3 nitrogen and oxygen atoms in total. The second-order valence-electron chi connectivity index (χ2n) is 6.25. The van der Waals surface area contributed by atoms with E-state index < -0.39 is 0 Å². The lowest BCUT2D eigenvalue weighted by Gasteiger charge is -2.38. The summed E-state index contributed by atoms with van der Waals surface area (Å²) in [6.07, 6.45) is 1.85. The van der Waals surface area contributed by atoms with Gasteiger partial charge in [0.2, 0.25) is 5.91 Å². The molecular weight excluding hydrogens is 286 g/mol. The van der Waals surface area contributed by atoms with E-state index in [2.05, 4.69) is 19.1 Å². The fourth-order valence-electron chi connectivity index (χ4n) is 3.46. The molecule has 0 unspecified atom stereocenters. The van der Waals surface area contributed by atoms with Crippen molar-refractivity contribution in [2.75, 3.05) is 13.2 Å². The largest absolute Gasteiger partial charge is 0.394 e. The van der Waals surface area contributed by atoms with E-state index in [0.29, 0.717) is 6.54 Å². The van der Waals surface area contributed by atoms with Crippen molar-refractivity contribution in [3.63, 3.8) is 0 Å². The van der Waals surface area contributed by atoms with Crippen molar-refractivity contribution in [2.45, 2.75) is 31.7 Å². The van der Waals surface area contributed by atoms with Gasteiger partial charge in [0.05, 0.1) is 18.6 Å². The molecule has 1 fully saturated rings. The van der Waals surface area contributed by atoms with Gasteiger partial charge in [0.1, 0.15) is 0 Å². The van der Waals surface area contributed by atoms with Gasteiger partial charge in [0.25, 0.3) is 0 Å². The molecule has 1 saturated heterocycles. The lowest BCUT2D eigenvalue weighted by molar-refractivity contribution is -0.139. The molecule has 3 heteroatoms. The first kappa shape index (κ1) is 15.8. The van der Waals surface area contributed by atoms with Crippen molar-refractivity contribution < 1.29 is 9.90 Å². The second-order valence-corrected chi connectivity index (χ2v) is 6.25. The van der Waals surface area contributed by atoms with Crippen molar-refractivity contribution in [3.05, 3.63) is 71.3 Å². The lowest BCUT2D eigenvalue weighted by Crippen LogP contribution is -2.43. The van der Waals surface area contributed by atoms with Crippen LogP contribution in [0, 0.1) is 6.92 Å². The highest BCUT2D eigenvalue weighted by atomic mass is 16.3. The predicted molar refractivity (Wildman–Crippen MR) is 91.1 cm³/mol. The molecule has 0 spiro atoms. The van der Waals surface area contributed by atoms with Crippen molar-refractivity contribution in [1.29, 1.82) is 0 Å². The number of rotatable bonds is 4. The number of likely N-dealkylation sites (tertiary alicyclic amines) is 1. The Morgan fingerprint density at radius 1 is 1.17 bits per heavy atom. The van der Waals surface area contributed by atoms with Gasteiger partial charge < -0.3 is 10.0 Å². The number of aliphatic hydroxyl groups excluding tert-OH is 1. The maximum absolute atomic E-state index is 13.0. The van der Waals surface area contributed by atoms with Crippen LogP contribution in [-0.2, 0) is 4.79 Å². The molecule has 2 aromatic carbocycles. The smallest absolute Gasteiger partial charge is 0.230 e. The molecule has 1 amide bonds. The third-order valence-electron chi connectivity index (χ3n) is 4.65. The summed E-state index contributed by atoms with van der Waals surface area (Å²) in [5, 5.41) is 9.86. The SMILES string of the molecule is Cc1cccc([C@H]2CCCN([C@@H](CO)c3ccccc3)C2=O)c1. The number of benzene rings is 2. The molecule has 0 radical (unpaired) electrons. The number of amides is 1. The molecule has 0 aromatic heterocycles. The molecule has 2 aromatic rings. The lowest BCUT2D eigenvalue weighted by atomic mass is 9.87. The molecule has 1 aliphatic rings. The molecule has 0 saturated carbocycles. The molecule has 120 valence electrons. The van der Waals surface area contributed by atoms with Crippen LogP contribution in [0.1, 0.15) is 41.5 Å². The second kappa shape index (κ2) is 6.97. The Morgan fingerprint density at radius 3 is 2.65 bits per heavy atom. The molecule has 0 aliphatic carbocycles. The Labute approximate surface area is 137 Å². The highest BCUT2D eigenvalue weighted by Crippen LogP contribution is 2.33. The van der Waals surface area contributed by atoms with Gasteiger partial charge in [-0.25, -0.2) is 0 Å². The van der Waals surface area contributed by atoms with Gasteiger partial charge in [-0.05, 0) is 30.9 Å². The summed E-state index contributed by atoms with van der Waals surface area (Å²) in [5.41, 5.74) is 3.26. The van der Waals surface area contributed by atoms with Crippen LogP contribution in [0.5, 0.6) is 0 Å². The highest BCUT2D eigenvalue weighted by molar-refractivity contribution is 5.85. The summed E-state index contributed by atoms with van der Waals surface area (Å²) >= 11 is 0. The van der Waals surface area contributed by atoms with E-state index in [4.69, 9.17) is 0 Å². The van der Waals surface area contributed by atoms with Crippen molar-refractivity contribution >= 4 is 5.91 Å². The number of hydrogen-bond acceptors (Lipinski definition) is 2. The minimum Gasteiger partial charge on any atom is -0.394 e. The van der Waals surface area contributed by atoms with Crippen LogP contribution in [0.15, 0.2) is 54.6 Å². The van der Waals surface area contributed by atoms with Gasteiger partial charge in [-0.1, -0.05) is 60.2 Å². The first-order valence-corrected chi connectivity index (χ1v) is 8.23. The van der Waals surface area contributed by atoms with E-state index in [1.807, 2.05) is 47.4 Å². The molecular formula is C20H23NO2. The van der Waals surface area contributed by atoms with E-state index in [1.165, 1.54) is 5.56 Å². The molecule has 1 heterocycles. The average Bonchev–Trinajstić information content (AvgIpc) is 2.58. The summed E-state index contributed by atoms with van der Waals surface area (Å²) in [6, 6.07) is 17.7. The van der Waals surface area contributed by atoms with Crippen LogP contribution in [0.25, 0.3) is 0 Å². The number of piperidine rings is 1. The Kier molecular flexibility index (Phi) is 4.77. The van der Waals surface area contributed by atoms with E-state index in [-0.39, 0.29) is 24.5 Å². The van der Waals surface area contributed by atoms with Crippen LogP contribution < -0.4 is 0 Å². The maximum Gasteiger partial charge on any atom is 0.230 e. The quantitative estimate of drug-likeness (QED) is 0.940. The van der Waals surface area contributed by atoms with Gasteiger partial charge in [0.15, 0.2) is 0 Å². The Morgan fingerprint density at radius 2 is 1.96 bits per heavy atom. The topological polar surface area (TPSA) is 40.5 Å². The normalized spacial score (nSPS) is 19.7. The van der Waals surface area contributed by atoms with E-state index in [0.717, 1.165) is 24.0 Å². The van der Waals surface area contributed by atoms with Crippen molar-refractivity contribution in [3.8, 4) is 0 Å². The standard InChI is InChI=1S/C20H23NO2/c1-15-7-5-10-17(13-15)18-11-6-12-21(20(18)23)19(14-22)16-8-3-2-4-9-16/h2-5,7-10,13,18-19,22H,6,11-12,14H2,1H3/t18-,19+/m1/s1. The molecule has 1 N–H and O–H groups in total. The van der Waals surface area contributed by atoms with Crippen LogP contribution in [0.4, 0.5) is 0 Å². The highest BCUT2D eigenvalue weighted by Gasteiger charge is 2.34. The zero-order valence-corrected chi connectivity index (χ0v) is 13.5. The number of hydrogen-bond donors (Lipinski definition) is 1. The first-order chi connectivity index (χ1) is 11.2. The summed E-state index contributed by atoms with van der Waals surface area (Å²) < 4.78 is 0. The van der Waals surface area contributed by atoms with Crippen LogP contribution >= 0.6 is 0 Å². The van der Waals surface area contributed by atoms with Gasteiger partial charge >= 0.3 is 0 Å². The van der Waals surface area contributed by atoms with Gasteiger partial charge in [-0.15, -0.1) is 0 Å². The zero-order valence-electron chi connectivity index (χ0n) is 13.5. The van der Waals surface area contributed by atoms with Gasteiger partial charge in [-0.3, -0.25) is 4.79 Å². The zero-order chi connectivity index (χ0) is 16.2. The Hall–Kier alpha value is -2.13. The summed E-state index contributed by atoms with van der Waals surface area (Å²) in [4.78, 5) is 14.9. The first-order valence-electron chi connectivity index (χ1n) is 8.23. The third-order valence-corrected chi connectivity index (χ3v) is 4.65. The minimum atomic E-state index is -0.253. The fourth-order valence-corrected chi connectivity index (χ4v) is 3.46.